The minimum Gasteiger partial charge on any atom is -0.466 e. The summed E-state index contributed by atoms with van der Waals surface area (Å²) in [6.45, 7) is 1.54. The molecular formula is C23H20N4O4. The molecule has 0 bridgehead atoms. The van der Waals surface area contributed by atoms with E-state index in [1.807, 2.05) is 54.7 Å². The number of esters is 1. The van der Waals surface area contributed by atoms with E-state index in [0.29, 0.717) is 11.4 Å². The van der Waals surface area contributed by atoms with E-state index in [-0.39, 0.29) is 13.2 Å². The first-order valence-electron chi connectivity index (χ1n) is 9.85. The highest BCUT2D eigenvalue weighted by Crippen LogP contribution is 2.33. The van der Waals surface area contributed by atoms with Crippen molar-refractivity contribution in [3.63, 3.8) is 0 Å². The Morgan fingerprint density at radius 2 is 1.74 bits per heavy atom. The molecule has 3 aromatic heterocycles. The van der Waals surface area contributed by atoms with Crippen LogP contribution in [0.1, 0.15) is 13.3 Å². The second-order valence-electron chi connectivity index (χ2n) is 6.86. The molecule has 0 amide bonds. The van der Waals surface area contributed by atoms with E-state index in [0.717, 1.165) is 21.3 Å². The molecule has 156 valence electrons. The van der Waals surface area contributed by atoms with Crippen molar-refractivity contribution < 1.29 is 14.3 Å². The van der Waals surface area contributed by atoms with Crippen LogP contribution in [-0.4, -0.2) is 37.8 Å². The van der Waals surface area contributed by atoms with E-state index in [1.165, 1.54) is 6.07 Å². The highest BCUT2D eigenvalue weighted by molar-refractivity contribution is 5.95. The Bertz CT molecular complexity index is 1310. The van der Waals surface area contributed by atoms with Gasteiger partial charge in [0.2, 0.25) is 0 Å². The van der Waals surface area contributed by atoms with Gasteiger partial charge < -0.3 is 4.74 Å². The van der Waals surface area contributed by atoms with Crippen molar-refractivity contribution in [3.05, 3.63) is 77.2 Å². The van der Waals surface area contributed by atoms with Gasteiger partial charge in [-0.15, -0.1) is 0 Å². The van der Waals surface area contributed by atoms with Crippen molar-refractivity contribution in [2.24, 2.45) is 0 Å². The lowest BCUT2D eigenvalue weighted by Crippen LogP contribution is -2.27. The lowest BCUT2D eigenvalue weighted by Gasteiger charge is -2.08. The average Bonchev–Trinajstić information content (AvgIpc) is 3.15. The molecule has 1 aromatic carbocycles. The molecule has 31 heavy (non-hydrogen) atoms. The van der Waals surface area contributed by atoms with E-state index in [9.17, 15) is 14.4 Å². The molecule has 0 aliphatic rings. The molecule has 8 nitrogen and oxygen atoms in total. The van der Waals surface area contributed by atoms with E-state index in [4.69, 9.17) is 9.84 Å². The van der Waals surface area contributed by atoms with Crippen LogP contribution in [0.2, 0.25) is 0 Å². The number of aromatic nitrogens is 4. The predicted molar refractivity (Wildman–Crippen MR) is 114 cm³/mol. The van der Waals surface area contributed by atoms with Crippen LogP contribution in [0, 0.1) is 0 Å². The Morgan fingerprint density at radius 3 is 2.52 bits per heavy atom. The molecule has 0 aliphatic carbocycles. The number of carbonyl (C=O) groups is 2. The molecule has 4 aromatic rings. The maximum atomic E-state index is 12.3. The van der Waals surface area contributed by atoms with Crippen LogP contribution in [0.3, 0.4) is 0 Å². The second kappa shape index (κ2) is 8.74. The van der Waals surface area contributed by atoms with Gasteiger partial charge in [0.1, 0.15) is 18.7 Å². The van der Waals surface area contributed by atoms with E-state index in [2.05, 4.69) is 5.10 Å². The van der Waals surface area contributed by atoms with Gasteiger partial charge in [-0.2, -0.15) is 10.2 Å². The van der Waals surface area contributed by atoms with Crippen LogP contribution in [-0.2, 0) is 20.9 Å². The summed E-state index contributed by atoms with van der Waals surface area (Å²) < 4.78 is 7.62. The van der Waals surface area contributed by atoms with Crippen molar-refractivity contribution >= 4 is 17.3 Å². The molecular weight excluding hydrogens is 396 g/mol. The number of nitrogens with zero attached hydrogens (tertiary/aromatic N) is 4. The molecule has 0 unspecified atom stereocenters. The number of ether oxygens (including phenoxy) is 1. The maximum Gasteiger partial charge on any atom is 0.313 e. The number of pyridine rings is 1. The Balaban J connectivity index is 1.77. The SMILES string of the molecule is CCOC(=O)CC(=O)Cn1nc(-c2c(-c3ccccc3)nn3ccccc23)ccc1=O. The standard InChI is InChI=1S/C23H20N4O4/c1-2-31-21(30)14-17(28)15-27-20(29)12-11-18(24-27)22-19-10-6-7-13-26(19)25-23(22)16-8-4-3-5-9-16/h3-13H,2,14-15H2,1H3. The van der Waals surface area contributed by atoms with Gasteiger partial charge in [-0.25, -0.2) is 9.20 Å². The Hall–Kier alpha value is -4.07. The first kappa shape index (κ1) is 20.2. The second-order valence-corrected chi connectivity index (χ2v) is 6.86. The lowest BCUT2D eigenvalue weighted by molar-refractivity contribution is -0.145. The number of rotatable bonds is 7. The highest BCUT2D eigenvalue weighted by atomic mass is 16.5. The van der Waals surface area contributed by atoms with Gasteiger partial charge in [-0.3, -0.25) is 14.4 Å². The summed E-state index contributed by atoms with van der Waals surface area (Å²) in [6.07, 6.45) is 1.43. The number of Topliss-reactive ketones (excluding diaryl/α,β-unsaturated/α-hetero) is 1. The van der Waals surface area contributed by atoms with Gasteiger partial charge >= 0.3 is 5.97 Å². The smallest absolute Gasteiger partial charge is 0.313 e. The van der Waals surface area contributed by atoms with Gasteiger partial charge in [0.25, 0.3) is 5.56 Å². The van der Waals surface area contributed by atoms with E-state index in [1.54, 1.807) is 17.5 Å². The van der Waals surface area contributed by atoms with Crippen LogP contribution in [0.5, 0.6) is 0 Å². The Morgan fingerprint density at radius 1 is 0.968 bits per heavy atom. The van der Waals surface area contributed by atoms with Crippen LogP contribution in [0.4, 0.5) is 0 Å². The van der Waals surface area contributed by atoms with Gasteiger partial charge in [-0.05, 0) is 25.1 Å². The fourth-order valence-electron chi connectivity index (χ4n) is 3.34. The van der Waals surface area contributed by atoms with Crippen LogP contribution < -0.4 is 5.56 Å². The fourth-order valence-corrected chi connectivity index (χ4v) is 3.34. The topological polar surface area (TPSA) is 95.6 Å². The zero-order valence-corrected chi connectivity index (χ0v) is 16.9. The van der Waals surface area contributed by atoms with Crippen LogP contribution in [0.15, 0.2) is 71.7 Å². The molecule has 3 heterocycles. The van der Waals surface area contributed by atoms with Crippen molar-refractivity contribution in [1.82, 2.24) is 19.4 Å². The number of benzene rings is 1. The van der Waals surface area contributed by atoms with E-state index >= 15 is 0 Å². The monoisotopic (exact) mass is 416 g/mol. The molecule has 0 radical (unpaired) electrons. The third-order valence-electron chi connectivity index (χ3n) is 4.68. The molecule has 4 rings (SSSR count). The molecule has 0 aliphatic heterocycles. The summed E-state index contributed by atoms with van der Waals surface area (Å²) in [5.41, 5.74) is 3.25. The van der Waals surface area contributed by atoms with Gasteiger partial charge in [0.05, 0.1) is 23.4 Å². The summed E-state index contributed by atoms with van der Waals surface area (Å²) in [7, 11) is 0. The van der Waals surface area contributed by atoms with Crippen molar-refractivity contribution in [1.29, 1.82) is 0 Å². The molecule has 0 N–H and O–H groups in total. The van der Waals surface area contributed by atoms with Crippen LogP contribution >= 0.6 is 0 Å². The first-order valence-corrected chi connectivity index (χ1v) is 9.85. The molecule has 8 heteroatoms. The minimum atomic E-state index is -0.620. The third-order valence-corrected chi connectivity index (χ3v) is 4.68. The fraction of sp³-hybridized carbons (Fsp3) is 0.174. The zero-order valence-electron chi connectivity index (χ0n) is 16.9. The molecule has 0 fully saturated rings. The number of carbonyl (C=O) groups excluding carboxylic acids is 2. The summed E-state index contributed by atoms with van der Waals surface area (Å²) in [4.78, 5) is 36.1. The average molecular weight is 416 g/mol. The molecule has 0 saturated carbocycles. The van der Waals surface area contributed by atoms with Crippen molar-refractivity contribution in [3.8, 4) is 22.5 Å². The summed E-state index contributed by atoms with van der Waals surface area (Å²) in [5.74, 6) is -1.07. The van der Waals surface area contributed by atoms with Gasteiger partial charge in [-0.1, -0.05) is 36.4 Å². The van der Waals surface area contributed by atoms with Crippen LogP contribution in [0.25, 0.3) is 28.0 Å². The molecule has 0 saturated heterocycles. The largest absolute Gasteiger partial charge is 0.466 e. The number of hydrogen-bond donors (Lipinski definition) is 0. The lowest BCUT2D eigenvalue weighted by atomic mass is 10.0. The first-order chi connectivity index (χ1) is 15.1. The highest BCUT2D eigenvalue weighted by Gasteiger charge is 2.19. The normalized spacial score (nSPS) is 10.9. The Kier molecular flexibility index (Phi) is 5.70. The molecule has 0 spiro atoms. The summed E-state index contributed by atoms with van der Waals surface area (Å²) in [5, 5.41) is 9.12. The zero-order chi connectivity index (χ0) is 21.8. The summed E-state index contributed by atoms with van der Waals surface area (Å²) in [6, 6.07) is 18.3. The van der Waals surface area contributed by atoms with Gasteiger partial charge in [0, 0.05) is 17.8 Å². The van der Waals surface area contributed by atoms with Crippen molar-refractivity contribution in [2.75, 3.05) is 6.61 Å². The number of fused-ring (bicyclic) bond motifs is 1. The number of ketones is 1. The predicted octanol–water partition coefficient (Wildman–Crippen LogP) is 2.75. The minimum absolute atomic E-state index is 0.191. The molecule has 0 atom stereocenters. The van der Waals surface area contributed by atoms with E-state index < -0.39 is 23.7 Å². The Labute approximate surface area is 177 Å². The van der Waals surface area contributed by atoms with Crippen molar-refractivity contribution in [2.45, 2.75) is 19.9 Å². The van der Waals surface area contributed by atoms with Gasteiger partial charge in [0.15, 0.2) is 5.78 Å². The maximum absolute atomic E-state index is 12.3. The summed E-state index contributed by atoms with van der Waals surface area (Å²) >= 11 is 0. The number of hydrogen-bond acceptors (Lipinski definition) is 6. The third kappa shape index (κ3) is 4.28. The quantitative estimate of drug-likeness (QED) is 0.340.